The number of ether oxygens (including phenoxy) is 1. The van der Waals surface area contributed by atoms with Crippen LogP contribution in [0.3, 0.4) is 0 Å². The summed E-state index contributed by atoms with van der Waals surface area (Å²) in [6.07, 6.45) is 0. The van der Waals surface area contributed by atoms with Crippen LogP contribution in [0.25, 0.3) is 21.9 Å². The van der Waals surface area contributed by atoms with Crippen LogP contribution in [0.4, 0.5) is 0 Å². The smallest absolute Gasteiger partial charge is 0.135 e. The Labute approximate surface area is 135 Å². The van der Waals surface area contributed by atoms with Crippen molar-refractivity contribution in [3.8, 4) is 22.6 Å². The third-order valence-electron chi connectivity index (χ3n) is 3.94. The Morgan fingerprint density at radius 2 is 1.13 bits per heavy atom. The molecule has 4 rings (SSSR count). The molecule has 110 valence electrons. The molecule has 0 aliphatic carbocycles. The van der Waals surface area contributed by atoms with Gasteiger partial charge in [-0.3, -0.25) is 0 Å². The lowest BCUT2D eigenvalue weighted by molar-refractivity contribution is 0.488. The second-order valence-corrected chi connectivity index (χ2v) is 5.47. The zero-order valence-electron chi connectivity index (χ0n) is 12.6. The summed E-state index contributed by atoms with van der Waals surface area (Å²) in [5, 5.41) is 2.31. The molecule has 0 atom stereocenters. The lowest BCUT2D eigenvalue weighted by Crippen LogP contribution is -1.86. The zero-order chi connectivity index (χ0) is 15.5. The molecule has 0 bridgehead atoms. The third-order valence-corrected chi connectivity index (χ3v) is 3.94. The van der Waals surface area contributed by atoms with E-state index in [1.165, 1.54) is 16.5 Å². The first-order valence-electron chi connectivity index (χ1n) is 7.71. The summed E-state index contributed by atoms with van der Waals surface area (Å²) in [6.45, 7) is 0. The quantitative estimate of drug-likeness (QED) is 0.431. The van der Waals surface area contributed by atoms with Gasteiger partial charge in [0.15, 0.2) is 0 Å². The van der Waals surface area contributed by atoms with Crippen molar-refractivity contribution in [1.29, 1.82) is 0 Å². The highest BCUT2D eigenvalue weighted by Gasteiger charge is 2.03. The minimum absolute atomic E-state index is 0.848. The normalized spacial score (nSPS) is 10.6. The van der Waals surface area contributed by atoms with Gasteiger partial charge >= 0.3 is 0 Å². The van der Waals surface area contributed by atoms with Crippen molar-refractivity contribution >= 4 is 10.8 Å². The number of fused-ring (bicyclic) bond motifs is 1. The van der Waals surface area contributed by atoms with Crippen molar-refractivity contribution in [1.82, 2.24) is 0 Å². The van der Waals surface area contributed by atoms with Crippen molar-refractivity contribution in [2.45, 2.75) is 0 Å². The second-order valence-electron chi connectivity index (χ2n) is 5.47. The fraction of sp³-hybridized carbons (Fsp3) is 0. The maximum absolute atomic E-state index is 6.08. The second kappa shape index (κ2) is 5.98. The first kappa shape index (κ1) is 13.6. The Bertz CT molecular complexity index is 919. The van der Waals surface area contributed by atoms with Crippen molar-refractivity contribution < 1.29 is 4.74 Å². The van der Waals surface area contributed by atoms with E-state index in [-0.39, 0.29) is 0 Å². The molecule has 0 fully saturated rings. The van der Waals surface area contributed by atoms with Crippen molar-refractivity contribution in [3.63, 3.8) is 0 Å². The summed E-state index contributed by atoms with van der Waals surface area (Å²) in [5.41, 5.74) is 2.40. The largest absolute Gasteiger partial charge is 0.457 e. The van der Waals surface area contributed by atoms with Gasteiger partial charge in [0.2, 0.25) is 0 Å². The van der Waals surface area contributed by atoms with E-state index in [0.29, 0.717) is 0 Å². The highest BCUT2D eigenvalue weighted by atomic mass is 16.5. The van der Waals surface area contributed by atoms with E-state index in [2.05, 4.69) is 54.6 Å². The minimum Gasteiger partial charge on any atom is -0.457 e. The topological polar surface area (TPSA) is 9.23 Å². The molecule has 0 saturated heterocycles. The Morgan fingerprint density at radius 1 is 0.478 bits per heavy atom. The molecule has 4 aromatic carbocycles. The first-order chi connectivity index (χ1) is 11.4. The fourth-order valence-electron chi connectivity index (χ4n) is 2.76. The Balaban J connectivity index is 1.64. The number of benzene rings is 4. The molecule has 0 saturated carbocycles. The van der Waals surface area contributed by atoms with Gasteiger partial charge in [0, 0.05) is 5.39 Å². The monoisotopic (exact) mass is 296 g/mol. The molecule has 0 aliphatic heterocycles. The molecule has 0 heterocycles. The molecule has 0 N–H and O–H groups in total. The van der Waals surface area contributed by atoms with Crippen LogP contribution in [0.1, 0.15) is 0 Å². The summed E-state index contributed by atoms with van der Waals surface area (Å²) in [7, 11) is 0. The van der Waals surface area contributed by atoms with Crippen LogP contribution in [0.5, 0.6) is 11.5 Å². The summed E-state index contributed by atoms with van der Waals surface area (Å²) >= 11 is 0. The van der Waals surface area contributed by atoms with Gasteiger partial charge in [0.1, 0.15) is 11.5 Å². The van der Waals surface area contributed by atoms with Gasteiger partial charge in [-0.2, -0.15) is 0 Å². The number of rotatable bonds is 3. The van der Waals surface area contributed by atoms with E-state index in [4.69, 9.17) is 4.74 Å². The van der Waals surface area contributed by atoms with Gasteiger partial charge in [0.25, 0.3) is 0 Å². The van der Waals surface area contributed by atoms with Crippen LogP contribution >= 0.6 is 0 Å². The molecule has 1 heteroatoms. The average Bonchev–Trinajstić information content (AvgIpc) is 2.63. The Hall–Kier alpha value is -3.06. The summed E-state index contributed by atoms with van der Waals surface area (Å²) in [6, 6.07) is 33.0. The maximum atomic E-state index is 6.08. The maximum Gasteiger partial charge on any atom is 0.135 e. The molecule has 0 spiro atoms. The van der Waals surface area contributed by atoms with Gasteiger partial charge in [-0.05, 0) is 34.7 Å². The molecule has 0 aliphatic rings. The predicted molar refractivity (Wildman–Crippen MR) is 95.9 cm³/mol. The Morgan fingerprint density at radius 3 is 1.96 bits per heavy atom. The van der Waals surface area contributed by atoms with Crippen LogP contribution in [0, 0.1) is 0 Å². The van der Waals surface area contributed by atoms with Gasteiger partial charge < -0.3 is 4.74 Å². The summed E-state index contributed by atoms with van der Waals surface area (Å²) in [5.74, 6) is 1.73. The lowest BCUT2D eigenvalue weighted by Gasteiger charge is -2.09. The van der Waals surface area contributed by atoms with E-state index in [0.717, 1.165) is 16.9 Å². The average molecular weight is 296 g/mol. The van der Waals surface area contributed by atoms with E-state index >= 15 is 0 Å². The van der Waals surface area contributed by atoms with E-state index < -0.39 is 0 Å². The molecule has 23 heavy (non-hydrogen) atoms. The Kier molecular flexibility index (Phi) is 3.53. The van der Waals surface area contributed by atoms with Gasteiger partial charge in [-0.15, -0.1) is 0 Å². The molecular weight excluding hydrogens is 280 g/mol. The zero-order valence-corrected chi connectivity index (χ0v) is 12.6. The van der Waals surface area contributed by atoms with Gasteiger partial charge in [-0.1, -0.05) is 78.9 Å². The summed E-state index contributed by atoms with van der Waals surface area (Å²) in [4.78, 5) is 0. The van der Waals surface area contributed by atoms with Gasteiger partial charge in [-0.25, -0.2) is 0 Å². The summed E-state index contributed by atoms with van der Waals surface area (Å²) < 4.78 is 6.08. The van der Waals surface area contributed by atoms with E-state index in [1.54, 1.807) is 0 Å². The van der Waals surface area contributed by atoms with Crippen LogP contribution in [0.2, 0.25) is 0 Å². The van der Waals surface area contributed by atoms with Crippen molar-refractivity contribution in [2.24, 2.45) is 0 Å². The lowest BCUT2D eigenvalue weighted by atomic mass is 10.1. The molecule has 0 unspecified atom stereocenters. The first-order valence-corrected chi connectivity index (χ1v) is 7.71. The molecule has 0 radical (unpaired) electrons. The SMILES string of the molecule is c1ccc(-c2ccc(Oc3cccc4ccccc34)cc2)cc1. The number of hydrogen-bond donors (Lipinski definition) is 0. The predicted octanol–water partition coefficient (Wildman–Crippen LogP) is 6.30. The molecule has 1 nitrogen and oxygen atoms in total. The van der Waals surface area contributed by atoms with Gasteiger partial charge in [0.05, 0.1) is 0 Å². The molecular formula is C22H16O. The minimum atomic E-state index is 0.848. The fourth-order valence-corrected chi connectivity index (χ4v) is 2.76. The van der Waals surface area contributed by atoms with E-state index in [1.807, 2.05) is 42.5 Å². The highest BCUT2D eigenvalue weighted by Crippen LogP contribution is 2.31. The molecule has 4 aromatic rings. The van der Waals surface area contributed by atoms with Crippen molar-refractivity contribution in [3.05, 3.63) is 97.1 Å². The van der Waals surface area contributed by atoms with Crippen molar-refractivity contribution in [2.75, 3.05) is 0 Å². The number of hydrogen-bond acceptors (Lipinski definition) is 1. The van der Waals surface area contributed by atoms with Crippen LogP contribution in [-0.4, -0.2) is 0 Å². The molecule has 0 amide bonds. The van der Waals surface area contributed by atoms with Crippen LogP contribution in [-0.2, 0) is 0 Å². The van der Waals surface area contributed by atoms with Crippen LogP contribution in [0.15, 0.2) is 97.1 Å². The molecule has 0 aromatic heterocycles. The highest BCUT2D eigenvalue weighted by molar-refractivity contribution is 5.88. The van der Waals surface area contributed by atoms with E-state index in [9.17, 15) is 0 Å². The standard InChI is InChI=1S/C22H16O/c1-2-7-17(8-3-1)18-13-15-20(16-14-18)23-22-12-6-10-19-9-4-5-11-21(19)22/h1-16H. The third kappa shape index (κ3) is 2.82. The van der Waals surface area contributed by atoms with Crippen LogP contribution < -0.4 is 4.74 Å².